The van der Waals surface area contributed by atoms with Crippen molar-refractivity contribution in [1.29, 1.82) is 0 Å². The number of carbonyl (C=O) groups excluding carboxylic acids is 1. The van der Waals surface area contributed by atoms with E-state index in [1.165, 1.54) is 12.3 Å². The van der Waals surface area contributed by atoms with Crippen molar-refractivity contribution in [3.63, 3.8) is 0 Å². The van der Waals surface area contributed by atoms with Gasteiger partial charge in [-0.15, -0.1) is 12.4 Å². The molecule has 1 aliphatic rings. The van der Waals surface area contributed by atoms with Crippen LogP contribution in [0.15, 0.2) is 30.7 Å². The summed E-state index contributed by atoms with van der Waals surface area (Å²) in [6.07, 6.45) is 4.91. The van der Waals surface area contributed by atoms with E-state index in [9.17, 15) is 9.18 Å². The van der Waals surface area contributed by atoms with E-state index in [1.807, 2.05) is 18.7 Å². The first-order chi connectivity index (χ1) is 13.4. The van der Waals surface area contributed by atoms with Crippen LogP contribution in [-0.2, 0) is 0 Å². The summed E-state index contributed by atoms with van der Waals surface area (Å²) in [5.41, 5.74) is 2.05. The maximum Gasteiger partial charge on any atom is 0.257 e. The number of aryl methyl sites for hydroxylation is 1. The van der Waals surface area contributed by atoms with Gasteiger partial charge in [0, 0.05) is 44.3 Å². The zero-order valence-electron chi connectivity index (χ0n) is 15.9. The highest BCUT2D eigenvalue weighted by Gasteiger charge is 2.21. The molecule has 4 rings (SSSR count). The lowest BCUT2D eigenvalue weighted by atomic mass is 10.2. The van der Waals surface area contributed by atoms with Gasteiger partial charge in [-0.3, -0.25) is 4.79 Å². The van der Waals surface area contributed by atoms with Crippen LogP contribution < -0.4 is 15.5 Å². The van der Waals surface area contributed by atoms with Gasteiger partial charge in [0.1, 0.15) is 0 Å². The molecule has 0 spiro atoms. The molecule has 0 aliphatic carbocycles. The van der Waals surface area contributed by atoms with Gasteiger partial charge in [-0.2, -0.15) is 0 Å². The number of nitrogens with zero attached hydrogens (tertiary/aromatic N) is 4. The number of hydrogen-bond donors (Lipinski definition) is 2. The van der Waals surface area contributed by atoms with Crippen molar-refractivity contribution in [3.8, 4) is 0 Å². The summed E-state index contributed by atoms with van der Waals surface area (Å²) in [7, 11) is 0. The minimum atomic E-state index is -0.513. The number of hydrogen-bond acceptors (Lipinski definition) is 5. The maximum absolute atomic E-state index is 14.6. The Hall–Kier alpha value is -2.42. The second-order valence-electron chi connectivity index (χ2n) is 6.97. The van der Waals surface area contributed by atoms with Gasteiger partial charge in [0.05, 0.1) is 22.0 Å². The maximum atomic E-state index is 14.6. The average molecular weight is 439 g/mol. The number of aromatic nitrogens is 3. The molecule has 1 amide bonds. The smallest absolute Gasteiger partial charge is 0.257 e. The summed E-state index contributed by atoms with van der Waals surface area (Å²) >= 11 is 6.23. The number of piperazine rings is 1. The van der Waals surface area contributed by atoms with E-state index in [0.717, 1.165) is 12.2 Å². The Morgan fingerprint density at radius 2 is 2.17 bits per heavy atom. The molecular weight excluding hydrogens is 418 g/mol. The fourth-order valence-electron chi connectivity index (χ4n) is 3.36. The molecular formula is C19H21Cl2FN6O. The minimum Gasteiger partial charge on any atom is -0.351 e. The van der Waals surface area contributed by atoms with Crippen LogP contribution in [0, 0.1) is 12.7 Å². The fourth-order valence-corrected chi connectivity index (χ4v) is 3.62. The van der Waals surface area contributed by atoms with Gasteiger partial charge >= 0.3 is 0 Å². The van der Waals surface area contributed by atoms with E-state index >= 15 is 0 Å². The average Bonchev–Trinajstić information content (AvgIpc) is 3.02. The molecule has 154 valence electrons. The van der Waals surface area contributed by atoms with Crippen LogP contribution in [0.2, 0.25) is 5.02 Å². The summed E-state index contributed by atoms with van der Waals surface area (Å²) < 4.78 is 16.3. The van der Waals surface area contributed by atoms with E-state index < -0.39 is 11.7 Å². The molecule has 1 fully saturated rings. The lowest BCUT2D eigenvalue weighted by Crippen LogP contribution is -2.49. The predicted octanol–water partition coefficient (Wildman–Crippen LogP) is 3.30. The van der Waals surface area contributed by atoms with Crippen LogP contribution in [0.3, 0.4) is 0 Å². The lowest BCUT2D eigenvalue weighted by molar-refractivity contribution is 0.102. The largest absolute Gasteiger partial charge is 0.351 e. The van der Waals surface area contributed by atoms with Crippen molar-refractivity contribution >= 4 is 47.1 Å². The molecule has 1 unspecified atom stereocenters. The second kappa shape index (κ2) is 8.52. The quantitative estimate of drug-likeness (QED) is 0.655. The number of fused-ring (bicyclic) bond motifs is 1. The van der Waals surface area contributed by atoms with Gasteiger partial charge in [-0.25, -0.2) is 14.4 Å². The van der Waals surface area contributed by atoms with Gasteiger partial charge in [0.2, 0.25) is 0 Å². The Morgan fingerprint density at radius 1 is 1.38 bits per heavy atom. The third-order valence-electron chi connectivity index (χ3n) is 4.64. The molecule has 0 radical (unpaired) electrons. The van der Waals surface area contributed by atoms with Gasteiger partial charge in [-0.1, -0.05) is 11.6 Å². The highest BCUT2D eigenvalue weighted by atomic mass is 35.5. The third-order valence-corrected chi connectivity index (χ3v) is 4.92. The lowest BCUT2D eigenvalue weighted by Gasteiger charge is -2.32. The number of halogens is 3. The Morgan fingerprint density at radius 3 is 2.90 bits per heavy atom. The first-order valence-corrected chi connectivity index (χ1v) is 9.38. The molecule has 0 saturated carbocycles. The number of carbonyl (C=O) groups is 1. The van der Waals surface area contributed by atoms with E-state index in [2.05, 4.69) is 20.6 Å². The predicted molar refractivity (Wildman–Crippen MR) is 114 cm³/mol. The summed E-state index contributed by atoms with van der Waals surface area (Å²) in [4.78, 5) is 22.9. The number of rotatable bonds is 3. The van der Waals surface area contributed by atoms with Gasteiger partial charge < -0.3 is 19.9 Å². The van der Waals surface area contributed by atoms with Crippen molar-refractivity contribution < 1.29 is 9.18 Å². The molecule has 1 saturated heterocycles. The minimum absolute atomic E-state index is 0. The fraction of sp³-hybridized carbons (Fsp3) is 0.316. The monoisotopic (exact) mass is 438 g/mol. The van der Waals surface area contributed by atoms with Crippen molar-refractivity contribution in [3.05, 3.63) is 52.8 Å². The Kier molecular flexibility index (Phi) is 6.26. The SMILES string of the molecule is Cc1cn2cc(NC(=O)c3cnc(N4CCNC(C)C4)c(F)c3)cc(Cl)c2n1.Cl. The summed E-state index contributed by atoms with van der Waals surface area (Å²) in [6, 6.07) is 3.08. The molecule has 7 nitrogen and oxygen atoms in total. The van der Waals surface area contributed by atoms with E-state index in [0.29, 0.717) is 29.4 Å². The summed E-state index contributed by atoms with van der Waals surface area (Å²) in [5.74, 6) is -0.706. The molecule has 1 aliphatic heterocycles. The van der Waals surface area contributed by atoms with Crippen molar-refractivity contribution in [2.45, 2.75) is 19.9 Å². The molecule has 29 heavy (non-hydrogen) atoms. The Balaban J connectivity index is 0.00000240. The standard InChI is InChI=1S/C19H20ClFN6O.ClH/c1-11-8-26(4-3-22-11)18-16(21)5-13(7-23-18)19(28)25-14-6-15(20)17-24-12(2)9-27(17)10-14;/h5-7,9-11,22H,3-4,8H2,1-2H3,(H,25,28);1H. The first kappa shape index (κ1) is 21.3. The molecule has 10 heteroatoms. The van der Waals surface area contributed by atoms with Crippen LogP contribution in [-0.4, -0.2) is 46.0 Å². The van der Waals surface area contributed by atoms with Crippen LogP contribution in [0.4, 0.5) is 15.9 Å². The number of amides is 1. The van der Waals surface area contributed by atoms with E-state index in [-0.39, 0.29) is 29.8 Å². The molecule has 4 heterocycles. The molecule has 0 aromatic carbocycles. The van der Waals surface area contributed by atoms with Gasteiger partial charge in [0.25, 0.3) is 5.91 Å². The van der Waals surface area contributed by atoms with Crippen molar-refractivity contribution in [2.24, 2.45) is 0 Å². The second-order valence-corrected chi connectivity index (χ2v) is 7.38. The zero-order valence-corrected chi connectivity index (χ0v) is 17.5. The molecule has 3 aromatic heterocycles. The van der Waals surface area contributed by atoms with E-state index in [4.69, 9.17) is 11.6 Å². The van der Waals surface area contributed by atoms with Gasteiger partial charge in [-0.05, 0) is 26.0 Å². The molecule has 2 N–H and O–H groups in total. The van der Waals surface area contributed by atoms with Crippen LogP contribution in [0.5, 0.6) is 0 Å². The Bertz CT molecular complexity index is 1060. The van der Waals surface area contributed by atoms with Crippen LogP contribution in [0.1, 0.15) is 23.0 Å². The van der Waals surface area contributed by atoms with Crippen molar-refractivity contribution in [1.82, 2.24) is 19.7 Å². The molecule has 1 atom stereocenters. The number of nitrogens with one attached hydrogen (secondary N) is 2. The molecule has 3 aromatic rings. The molecule has 0 bridgehead atoms. The number of pyridine rings is 2. The van der Waals surface area contributed by atoms with Crippen LogP contribution in [0.25, 0.3) is 5.65 Å². The third kappa shape index (κ3) is 4.44. The zero-order chi connectivity index (χ0) is 19.8. The summed E-state index contributed by atoms with van der Waals surface area (Å²) in [5, 5.41) is 6.45. The van der Waals surface area contributed by atoms with Crippen LogP contribution >= 0.6 is 24.0 Å². The highest BCUT2D eigenvalue weighted by molar-refractivity contribution is 6.33. The van der Waals surface area contributed by atoms with Gasteiger partial charge in [0.15, 0.2) is 17.3 Å². The highest BCUT2D eigenvalue weighted by Crippen LogP contribution is 2.23. The van der Waals surface area contributed by atoms with E-state index in [1.54, 1.807) is 22.9 Å². The topological polar surface area (TPSA) is 74.6 Å². The number of anilines is 2. The van der Waals surface area contributed by atoms with Crippen molar-refractivity contribution in [2.75, 3.05) is 29.9 Å². The normalized spacial score (nSPS) is 16.6. The Labute approximate surface area is 178 Å². The first-order valence-electron chi connectivity index (χ1n) is 9.01. The summed E-state index contributed by atoms with van der Waals surface area (Å²) in [6.45, 7) is 5.99. The number of imidazole rings is 1.